The molecule has 0 aromatic carbocycles. The van der Waals surface area contributed by atoms with Crippen LogP contribution in [-0.2, 0) is 19.5 Å². The molecule has 1 radical (unpaired) electrons. The number of hydrogen-bond donors (Lipinski definition) is 0. The van der Waals surface area contributed by atoms with E-state index in [2.05, 4.69) is 15.7 Å². The molecule has 4 heavy (non-hydrogen) atoms. The SMILES string of the molecule is [Ba+2].[H-].[H-].[O]=[Co].[Pr]. The first-order valence-electron chi connectivity index (χ1n) is 0.136. The van der Waals surface area contributed by atoms with E-state index in [1.54, 1.807) is 0 Å². The molecule has 0 N–H and O–H groups in total. The van der Waals surface area contributed by atoms with Gasteiger partial charge in [0, 0.05) is 41.3 Å². The molecule has 1 nitrogen and oxygen atoms in total. The third-order valence-corrected chi connectivity index (χ3v) is 0. The third kappa shape index (κ3) is 8.97. The summed E-state index contributed by atoms with van der Waals surface area (Å²) >= 11 is 2.31. The molecule has 0 unspecified atom stereocenters. The average molecular weight is 355 g/mol. The maximum absolute atomic E-state index is 7.94. The Bertz CT molecular complexity index is 13.5. The van der Waals surface area contributed by atoms with Gasteiger partial charge in [-0.1, -0.05) is 0 Å². The summed E-state index contributed by atoms with van der Waals surface area (Å²) in [5.74, 6) is 0. The van der Waals surface area contributed by atoms with Crippen LogP contribution in [0.2, 0.25) is 0 Å². The monoisotopic (exact) mass is 356 g/mol. The van der Waals surface area contributed by atoms with Crippen LogP contribution in [0.1, 0.15) is 2.85 Å². The van der Waals surface area contributed by atoms with Crippen LogP contribution < -0.4 is 0 Å². The zero-order chi connectivity index (χ0) is 2.00. The molecule has 0 aromatic heterocycles. The van der Waals surface area contributed by atoms with Gasteiger partial charge in [0.15, 0.2) is 0 Å². The minimum Gasteiger partial charge on any atom is 0 e. The van der Waals surface area contributed by atoms with Gasteiger partial charge in [-0.2, -0.15) is 0 Å². The summed E-state index contributed by atoms with van der Waals surface area (Å²) in [6, 6.07) is 0. The molecular weight excluding hydrogens is 353 g/mol. The van der Waals surface area contributed by atoms with Gasteiger partial charge in [-0.15, -0.1) is 0 Å². The molecule has 0 aliphatic heterocycles. The fourth-order valence-electron chi connectivity index (χ4n) is 0. The van der Waals surface area contributed by atoms with E-state index in [4.69, 9.17) is 3.87 Å². The van der Waals surface area contributed by atoms with Gasteiger partial charge in [0.05, 0.1) is 0 Å². The van der Waals surface area contributed by atoms with Crippen molar-refractivity contribution in [2.45, 2.75) is 0 Å². The molecule has 0 aromatic rings. The van der Waals surface area contributed by atoms with Crippen molar-refractivity contribution in [1.82, 2.24) is 0 Å². The van der Waals surface area contributed by atoms with E-state index in [0.29, 0.717) is 0 Å². The normalized spacial score (nSPS) is 1.25. The Morgan fingerprint density at radius 1 is 1.50 bits per heavy atom. The molecule has 0 saturated carbocycles. The molecule has 0 bridgehead atoms. The molecule has 0 spiro atoms. The summed E-state index contributed by atoms with van der Waals surface area (Å²) in [4.78, 5) is 0. The van der Waals surface area contributed by atoms with Gasteiger partial charge in [-0.05, 0) is 0 Å². The summed E-state index contributed by atoms with van der Waals surface area (Å²) in [7, 11) is 0. The first-order chi connectivity index (χ1) is 1.00. The Morgan fingerprint density at radius 3 is 1.50 bits per heavy atom. The van der Waals surface area contributed by atoms with E-state index in [1.807, 2.05) is 0 Å². The van der Waals surface area contributed by atoms with Crippen LogP contribution in [0.3, 0.4) is 0 Å². The van der Waals surface area contributed by atoms with Crippen molar-refractivity contribution in [3.63, 3.8) is 0 Å². The maximum Gasteiger partial charge on any atom is 0 e. The molecule has 0 rings (SSSR count). The summed E-state index contributed by atoms with van der Waals surface area (Å²) in [5, 5.41) is 0. The predicted molar refractivity (Wildman–Crippen MR) is 8.66 cm³/mol. The molecule has 0 fully saturated rings. The number of hydrogen-bond acceptors (Lipinski definition) is 1. The van der Waals surface area contributed by atoms with E-state index >= 15 is 0 Å². The van der Waals surface area contributed by atoms with Crippen LogP contribution >= 0.6 is 0 Å². The molecule has 0 amide bonds. The van der Waals surface area contributed by atoms with E-state index in [-0.39, 0.29) is 93.0 Å². The summed E-state index contributed by atoms with van der Waals surface area (Å²) in [6.07, 6.45) is 0. The van der Waals surface area contributed by atoms with Gasteiger partial charge in [0.25, 0.3) is 0 Å². The zero-order valence-electron chi connectivity index (χ0n) is 4.03. The Hall–Kier alpha value is 3.24. The Balaban J connectivity index is -0.000000000833. The van der Waals surface area contributed by atoms with Gasteiger partial charge >= 0.3 is 68.4 Å². The van der Waals surface area contributed by atoms with Crippen molar-refractivity contribution in [2.75, 3.05) is 0 Å². The molecular formula is H2BaCoOPr. The van der Waals surface area contributed by atoms with Crippen LogP contribution in [0.5, 0.6) is 0 Å². The van der Waals surface area contributed by atoms with Gasteiger partial charge in [0.2, 0.25) is 0 Å². The molecule has 22 valence electrons. The minimum absolute atomic E-state index is 0. The fourth-order valence-corrected chi connectivity index (χ4v) is 0. The zero-order valence-corrected chi connectivity index (χ0v) is 11.2. The first-order valence-corrected chi connectivity index (χ1v) is 0.561. The Morgan fingerprint density at radius 2 is 1.50 bits per heavy atom. The summed E-state index contributed by atoms with van der Waals surface area (Å²) < 4.78 is 7.94. The average Bonchev–Trinajstić information content (AvgIpc) is 1.00. The number of rotatable bonds is 0. The predicted octanol–water partition coefficient (Wildman–Crippen LogP) is -0.277. The Labute approximate surface area is 109 Å². The second-order valence-electron chi connectivity index (χ2n) is 0. The molecule has 0 aliphatic carbocycles. The van der Waals surface area contributed by atoms with Crippen LogP contribution in [0.4, 0.5) is 0 Å². The van der Waals surface area contributed by atoms with Crippen molar-refractivity contribution < 1.29 is 63.7 Å². The van der Waals surface area contributed by atoms with Gasteiger partial charge in [-0.3, -0.25) is 0 Å². The second-order valence-corrected chi connectivity index (χ2v) is 0. The van der Waals surface area contributed by atoms with Crippen LogP contribution in [0.15, 0.2) is 0 Å². The smallest absolute Gasteiger partial charge is 0 e. The van der Waals surface area contributed by atoms with Gasteiger partial charge in [-0.25, -0.2) is 0 Å². The fraction of sp³-hybridized carbons (Fsp3) is 0. The largest absolute Gasteiger partial charge is 0 e. The molecule has 0 heterocycles. The van der Waals surface area contributed by atoms with Crippen LogP contribution in [0, 0.1) is 41.3 Å². The van der Waals surface area contributed by atoms with Crippen molar-refractivity contribution >= 4 is 48.9 Å². The Kier molecular flexibility index (Phi) is 64.0. The summed E-state index contributed by atoms with van der Waals surface area (Å²) in [5.41, 5.74) is 0. The van der Waals surface area contributed by atoms with Crippen LogP contribution in [0.25, 0.3) is 0 Å². The van der Waals surface area contributed by atoms with Crippen molar-refractivity contribution in [3.8, 4) is 0 Å². The maximum atomic E-state index is 7.94. The first kappa shape index (κ1) is 15.7. The van der Waals surface area contributed by atoms with Gasteiger partial charge in [0.1, 0.15) is 0 Å². The van der Waals surface area contributed by atoms with Crippen molar-refractivity contribution in [1.29, 1.82) is 0 Å². The third-order valence-electron chi connectivity index (χ3n) is 0. The van der Waals surface area contributed by atoms with Crippen LogP contribution in [-0.4, -0.2) is 48.9 Å². The van der Waals surface area contributed by atoms with Gasteiger partial charge < -0.3 is 2.85 Å². The molecule has 4 heteroatoms. The van der Waals surface area contributed by atoms with E-state index < -0.39 is 0 Å². The molecule has 0 saturated heterocycles. The minimum atomic E-state index is 0. The topological polar surface area (TPSA) is 17.1 Å². The van der Waals surface area contributed by atoms with E-state index in [0.717, 1.165) is 0 Å². The summed E-state index contributed by atoms with van der Waals surface area (Å²) in [6.45, 7) is 0. The quantitative estimate of drug-likeness (QED) is 0.547. The van der Waals surface area contributed by atoms with E-state index in [1.165, 1.54) is 0 Å². The molecule has 0 atom stereocenters. The second kappa shape index (κ2) is 16.3. The standard InChI is InChI=1S/Ba.Co.O.Pr.2H/q+2;;;;2*-1. The van der Waals surface area contributed by atoms with E-state index in [9.17, 15) is 0 Å². The van der Waals surface area contributed by atoms with Crippen molar-refractivity contribution in [3.05, 3.63) is 0 Å². The van der Waals surface area contributed by atoms with Crippen molar-refractivity contribution in [2.24, 2.45) is 0 Å². The molecule has 0 aliphatic rings.